The third-order valence-electron chi connectivity index (χ3n) is 5.30. The van der Waals surface area contributed by atoms with Gasteiger partial charge in [0.2, 0.25) is 0 Å². The summed E-state index contributed by atoms with van der Waals surface area (Å²) >= 11 is 1.74. The van der Waals surface area contributed by atoms with Crippen LogP contribution < -0.4 is 0 Å². The smallest absolute Gasteiger partial charge is 0.0922 e. The minimum absolute atomic E-state index is 0.181. The van der Waals surface area contributed by atoms with Gasteiger partial charge in [-0.25, -0.2) is 9.97 Å². The molecule has 24 heavy (non-hydrogen) atoms. The lowest BCUT2D eigenvalue weighted by Crippen LogP contribution is -2.60. The topological polar surface area (TPSA) is 57.3 Å². The van der Waals surface area contributed by atoms with Gasteiger partial charge in [0, 0.05) is 55.5 Å². The normalized spacial score (nSPS) is 22.2. The lowest BCUT2D eigenvalue weighted by Gasteiger charge is -2.51. The summed E-state index contributed by atoms with van der Waals surface area (Å²) in [5, 5.41) is 3.35. The van der Waals surface area contributed by atoms with Crippen molar-refractivity contribution in [2.45, 2.75) is 38.4 Å². The molecule has 2 aromatic rings. The molecule has 0 saturated carbocycles. The Bertz CT molecular complexity index is 648. The number of aromatic amines is 1. The van der Waals surface area contributed by atoms with Gasteiger partial charge in [0.25, 0.3) is 0 Å². The van der Waals surface area contributed by atoms with E-state index in [4.69, 9.17) is 4.74 Å². The van der Waals surface area contributed by atoms with Crippen molar-refractivity contribution in [1.82, 2.24) is 24.8 Å². The predicted octanol–water partition coefficient (Wildman–Crippen LogP) is 2.04. The first kappa shape index (κ1) is 16.2. The zero-order valence-electron chi connectivity index (χ0n) is 14.2. The first-order valence-electron chi connectivity index (χ1n) is 8.67. The van der Waals surface area contributed by atoms with Gasteiger partial charge in [0.15, 0.2) is 0 Å². The Morgan fingerprint density at radius 2 is 2.17 bits per heavy atom. The average molecular weight is 347 g/mol. The van der Waals surface area contributed by atoms with Crippen LogP contribution in [-0.2, 0) is 17.8 Å². The number of aryl methyl sites for hydroxylation is 1. The predicted molar refractivity (Wildman–Crippen MR) is 93.9 cm³/mol. The minimum atomic E-state index is 0.181. The molecular formula is C17H25N5OS. The number of thiazole rings is 1. The fraction of sp³-hybridized carbons (Fsp3) is 0.647. The molecule has 1 spiro atoms. The second kappa shape index (κ2) is 6.92. The van der Waals surface area contributed by atoms with Gasteiger partial charge < -0.3 is 9.72 Å². The van der Waals surface area contributed by atoms with Crippen LogP contribution in [0.4, 0.5) is 0 Å². The molecule has 0 atom stereocenters. The Morgan fingerprint density at radius 3 is 2.88 bits per heavy atom. The molecule has 2 aliphatic rings. The Morgan fingerprint density at radius 1 is 1.29 bits per heavy atom. The maximum Gasteiger partial charge on any atom is 0.0922 e. The highest BCUT2D eigenvalue weighted by Gasteiger charge is 2.42. The van der Waals surface area contributed by atoms with Crippen molar-refractivity contribution in [3.8, 4) is 0 Å². The number of ether oxygens (including phenoxy) is 1. The molecule has 1 N–H and O–H groups in total. The minimum Gasteiger partial charge on any atom is -0.378 e. The highest BCUT2D eigenvalue weighted by Crippen LogP contribution is 2.33. The van der Waals surface area contributed by atoms with Gasteiger partial charge in [-0.15, -0.1) is 11.3 Å². The molecule has 6 nitrogen and oxygen atoms in total. The molecule has 0 bridgehead atoms. The zero-order chi connectivity index (χ0) is 16.4. The van der Waals surface area contributed by atoms with Crippen LogP contribution >= 0.6 is 11.3 Å². The number of nitrogens with zero attached hydrogens (tertiary/aromatic N) is 4. The van der Waals surface area contributed by atoms with Crippen molar-refractivity contribution < 1.29 is 4.74 Å². The van der Waals surface area contributed by atoms with Crippen LogP contribution in [-0.4, -0.2) is 63.1 Å². The first-order chi connectivity index (χ1) is 11.7. The summed E-state index contributed by atoms with van der Waals surface area (Å²) in [4.78, 5) is 17.1. The van der Waals surface area contributed by atoms with Gasteiger partial charge in [-0.3, -0.25) is 9.80 Å². The lowest BCUT2D eigenvalue weighted by molar-refractivity contribution is -0.1000. The van der Waals surface area contributed by atoms with Crippen molar-refractivity contribution >= 4 is 11.3 Å². The number of hydrogen-bond donors (Lipinski definition) is 1. The Kier molecular flexibility index (Phi) is 4.67. The van der Waals surface area contributed by atoms with E-state index >= 15 is 0 Å². The third kappa shape index (κ3) is 3.39. The zero-order valence-corrected chi connectivity index (χ0v) is 15.0. The maximum atomic E-state index is 5.88. The summed E-state index contributed by atoms with van der Waals surface area (Å²) in [7, 11) is 0. The summed E-state index contributed by atoms with van der Waals surface area (Å²) < 4.78 is 5.88. The molecule has 0 amide bonds. The summed E-state index contributed by atoms with van der Waals surface area (Å²) in [6.07, 6.45) is 5.99. The van der Waals surface area contributed by atoms with E-state index in [0.717, 1.165) is 63.8 Å². The van der Waals surface area contributed by atoms with E-state index in [9.17, 15) is 0 Å². The van der Waals surface area contributed by atoms with E-state index in [-0.39, 0.29) is 5.54 Å². The van der Waals surface area contributed by atoms with Gasteiger partial charge >= 0.3 is 0 Å². The summed E-state index contributed by atoms with van der Waals surface area (Å²) in [6, 6.07) is 0. The lowest BCUT2D eigenvalue weighted by atomic mass is 9.85. The number of nitrogens with one attached hydrogen (secondary N) is 1. The monoisotopic (exact) mass is 347 g/mol. The Hall–Kier alpha value is -1.28. The van der Waals surface area contributed by atoms with Gasteiger partial charge in [-0.1, -0.05) is 0 Å². The van der Waals surface area contributed by atoms with E-state index in [1.165, 1.54) is 11.4 Å². The number of H-pyrrole nitrogens is 1. The van der Waals surface area contributed by atoms with Crippen LogP contribution in [0, 0.1) is 6.92 Å². The molecule has 0 aromatic carbocycles. The molecule has 0 aliphatic carbocycles. The molecule has 0 unspecified atom stereocenters. The largest absolute Gasteiger partial charge is 0.378 e. The number of imidazole rings is 1. The number of hydrogen-bond acceptors (Lipinski definition) is 6. The van der Waals surface area contributed by atoms with Gasteiger partial charge in [0.05, 0.1) is 30.2 Å². The number of piperidine rings is 1. The van der Waals surface area contributed by atoms with E-state index in [1.807, 2.05) is 6.20 Å². The molecule has 2 fully saturated rings. The number of likely N-dealkylation sites (tertiary alicyclic amines) is 1. The van der Waals surface area contributed by atoms with Crippen molar-refractivity contribution in [3.05, 3.63) is 34.3 Å². The number of aromatic nitrogens is 3. The third-order valence-corrected chi connectivity index (χ3v) is 6.12. The number of rotatable bonds is 4. The van der Waals surface area contributed by atoms with Crippen LogP contribution in [0.5, 0.6) is 0 Å². The van der Waals surface area contributed by atoms with Crippen molar-refractivity contribution in [2.75, 3.05) is 32.8 Å². The van der Waals surface area contributed by atoms with Crippen molar-refractivity contribution in [3.63, 3.8) is 0 Å². The van der Waals surface area contributed by atoms with Crippen LogP contribution in [0.25, 0.3) is 0 Å². The molecule has 4 heterocycles. The summed E-state index contributed by atoms with van der Waals surface area (Å²) in [5.41, 5.74) is 2.58. The van der Waals surface area contributed by atoms with E-state index < -0.39 is 0 Å². The molecular weight excluding hydrogens is 322 g/mol. The quantitative estimate of drug-likeness (QED) is 0.917. The van der Waals surface area contributed by atoms with Gasteiger partial charge in [-0.2, -0.15) is 0 Å². The fourth-order valence-electron chi connectivity index (χ4n) is 3.89. The summed E-state index contributed by atoms with van der Waals surface area (Å²) in [6.45, 7) is 8.91. The van der Waals surface area contributed by atoms with E-state index in [2.05, 4.69) is 37.1 Å². The van der Waals surface area contributed by atoms with Crippen LogP contribution in [0.1, 0.15) is 29.2 Å². The van der Waals surface area contributed by atoms with Crippen LogP contribution in [0.3, 0.4) is 0 Å². The van der Waals surface area contributed by atoms with E-state index in [0.29, 0.717) is 0 Å². The molecule has 7 heteroatoms. The molecule has 2 saturated heterocycles. The van der Waals surface area contributed by atoms with Crippen LogP contribution in [0.2, 0.25) is 0 Å². The SMILES string of the molecule is Cc1nc(CN2CCOCC23CCN(Cc2cnc[nH]2)CC3)cs1. The molecule has 2 aliphatic heterocycles. The highest BCUT2D eigenvalue weighted by atomic mass is 32.1. The average Bonchev–Trinajstić information content (AvgIpc) is 3.24. The molecule has 4 rings (SSSR count). The fourth-order valence-corrected chi connectivity index (χ4v) is 4.49. The van der Waals surface area contributed by atoms with Gasteiger partial charge in [-0.05, 0) is 19.8 Å². The second-order valence-corrected chi connectivity index (χ2v) is 7.97. The van der Waals surface area contributed by atoms with E-state index in [1.54, 1.807) is 17.7 Å². The maximum absolute atomic E-state index is 5.88. The van der Waals surface area contributed by atoms with Crippen molar-refractivity contribution in [2.24, 2.45) is 0 Å². The first-order valence-corrected chi connectivity index (χ1v) is 9.55. The van der Waals surface area contributed by atoms with Crippen molar-refractivity contribution in [1.29, 1.82) is 0 Å². The van der Waals surface area contributed by atoms with Crippen LogP contribution in [0.15, 0.2) is 17.9 Å². The highest BCUT2D eigenvalue weighted by molar-refractivity contribution is 7.09. The standard InChI is InChI=1S/C17H25N5OS/c1-14-20-16(11-24-14)10-22-6-7-23-12-17(22)2-4-21(5-3-17)9-15-8-18-13-19-15/h8,11,13H,2-7,9-10,12H2,1H3,(H,18,19). The summed E-state index contributed by atoms with van der Waals surface area (Å²) in [5.74, 6) is 0. The molecule has 2 aromatic heterocycles. The molecule has 130 valence electrons. The Balaban J connectivity index is 1.41. The van der Waals surface area contributed by atoms with Gasteiger partial charge in [0.1, 0.15) is 0 Å². The Labute approximate surface area is 146 Å². The molecule has 0 radical (unpaired) electrons. The number of morpholine rings is 1. The second-order valence-electron chi connectivity index (χ2n) is 6.91.